The quantitative estimate of drug-likeness (QED) is 0.610. The van der Waals surface area contributed by atoms with Crippen LogP contribution in [-0.4, -0.2) is 41.4 Å². The first-order valence-electron chi connectivity index (χ1n) is 11.1. The summed E-state index contributed by atoms with van der Waals surface area (Å²) in [6.07, 6.45) is 3.27. The number of carbonyl (C=O) groups excluding carboxylic acids is 2. The zero-order valence-electron chi connectivity index (χ0n) is 18.0. The Morgan fingerprint density at radius 3 is 2.58 bits per heavy atom. The summed E-state index contributed by atoms with van der Waals surface area (Å²) in [6, 6.07) is 18.5. The predicted molar refractivity (Wildman–Crippen MR) is 122 cm³/mol. The van der Waals surface area contributed by atoms with Crippen molar-refractivity contribution in [1.29, 1.82) is 0 Å². The molecule has 6 nitrogen and oxygen atoms in total. The Kier molecular flexibility index (Phi) is 5.77. The van der Waals surface area contributed by atoms with Crippen LogP contribution < -0.4 is 10.1 Å². The van der Waals surface area contributed by atoms with E-state index in [0.29, 0.717) is 36.0 Å². The number of nitrogens with zero attached hydrogens (tertiary/aromatic N) is 2. The van der Waals surface area contributed by atoms with E-state index in [1.807, 2.05) is 23.1 Å². The molecule has 7 heteroatoms. The number of rotatable bonds is 4. The third-order valence-corrected chi connectivity index (χ3v) is 6.43. The number of amides is 2. The summed E-state index contributed by atoms with van der Waals surface area (Å²) in [7, 11) is 0. The molecule has 2 amide bonds. The maximum absolute atomic E-state index is 13.4. The van der Waals surface area contributed by atoms with Crippen molar-refractivity contribution < 1.29 is 18.7 Å². The number of likely N-dealkylation sites (tertiary alicyclic amines) is 1. The van der Waals surface area contributed by atoms with E-state index in [9.17, 15) is 14.0 Å². The fourth-order valence-corrected chi connectivity index (χ4v) is 4.80. The lowest BCUT2D eigenvalue weighted by molar-refractivity contribution is -0.118. The van der Waals surface area contributed by atoms with Crippen molar-refractivity contribution in [2.75, 3.05) is 25.0 Å². The molecule has 168 valence electrons. The summed E-state index contributed by atoms with van der Waals surface area (Å²) in [5.74, 6) is 0.194. The molecule has 2 aliphatic heterocycles. The SMILES string of the molecule is O=C1COc2ccc(C(=O)N3CCC([C@H](c4ccccc4)c4ccc(F)nc4)CC3)cc2N1. The summed E-state index contributed by atoms with van der Waals surface area (Å²) >= 11 is 0. The molecule has 2 aromatic carbocycles. The van der Waals surface area contributed by atoms with Gasteiger partial charge < -0.3 is 15.0 Å². The van der Waals surface area contributed by atoms with Gasteiger partial charge in [0.1, 0.15) is 5.75 Å². The molecule has 0 saturated carbocycles. The molecule has 3 heterocycles. The Morgan fingerprint density at radius 1 is 1.06 bits per heavy atom. The Bertz CT molecular complexity index is 1160. The largest absolute Gasteiger partial charge is 0.482 e. The van der Waals surface area contributed by atoms with Gasteiger partial charge in [-0.05, 0) is 54.2 Å². The minimum absolute atomic E-state index is 0.0139. The molecule has 5 rings (SSSR count). The molecule has 1 N–H and O–H groups in total. The number of pyridine rings is 1. The molecule has 0 radical (unpaired) electrons. The van der Waals surface area contributed by atoms with Gasteiger partial charge in [-0.25, -0.2) is 4.98 Å². The van der Waals surface area contributed by atoms with Crippen LogP contribution in [0.25, 0.3) is 0 Å². The first-order valence-corrected chi connectivity index (χ1v) is 11.1. The van der Waals surface area contributed by atoms with Gasteiger partial charge in [0.2, 0.25) is 5.95 Å². The van der Waals surface area contributed by atoms with E-state index in [1.54, 1.807) is 30.5 Å². The van der Waals surface area contributed by atoms with E-state index >= 15 is 0 Å². The van der Waals surface area contributed by atoms with Crippen LogP contribution in [-0.2, 0) is 4.79 Å². The van der Waals surface area contributed by atoms with Gasteiger partial charge in [0.25, 0.3) is 11.8 Å². The Hall–Kier alpha value is -3.74. The average molecular weight is 445 g/mol. The van der Waals surface area contributed by atoms with Crippen LogP contribution in [0.5, 0.6) is 5.75 Å². The van der Waals surface area contributed by atoms with Crippen molar-refractivity contribution in [2.45, 2.75) is 18.8 Å². The number of ether oxygens (including phenoxy) is 1. The van der Waals surface area contributed by atoms with Crippen molar-refractivity contribution in [3.63, 3.8) is 0 Å². The number of hydrogen-bond donors (Lipinski definition) is 1. The lowest BCUT2D eigenvalue weighted by Crippen LogP contribution is -2.40. The van der Waals surface area contributed by atoms with Gasteiger partial charge >= 0.3 is 0 Å². The molecular weight excluding hydrogens is 421 g/mol. The van der Waals surface area contributed by atoms with E-state index in [0.717, 1.165) is 18.4 Å². The number of anilines is 1. The van der Waals surface area contributed by atoms with E-state index in [1.165, 1.54) is 11.6 Å². The number of fused-ring (bicyclic) bond motifs is 1. The van der Waals surface area contributed by atoms with Crippen LogP contribution in [0.2, 0.25) is 0 Å². The zero-order chi connectivity index (χ0) is 22.8. The molecular formula is C26H24FN3O3. The summed E-state index contributed by atoms with van der Waals surface area (Å²) in [4.78, 5) is 30.5. The van der Waals surface area contributed by atoms with E-state index in [4.69, 9.17) is 4.74 Å². The van der Waals surface area contributed by atoms with Gasteiger partial charge in [-0.1, -0.05) is 36.4 Å². The highest BCUT2D eigenvalue weighted by Crippen LogP contribution is 2.38. The van der Waals surface area contributed by atoms with Crippen LogP contribution >= 0.6 is 0 Å². The van der Waals surface area contributed by atoms with Crippen LogP contribution in [0, 0.1) is 11.9 Å². The van der Waals surface area contributed by atoms with Crippen molar-refractivity contribution in [2.24, 2.45) is 5.92 Å². The number of piperidine rings is 1. The minimum Gasteiger partial charge on any atom is -0.482 e. The van der Waals surface area contributed by atoms with E-state index in [-0.39, 0.29) is 24.3 Å². The molecule has 0 bridgehead atoms. The summed E-state index contributed by atoms with van der Waals surface area (Å²) in [5, 5.41) is 2.75. The fraction of sp³-hybridized carbons (Fsp3) is 0.269. The molecule has 33 heavy (non-hydrogen) atoms. The summed E-state index contributed by atoms with van der Waals surface area (Å²) in [6.45, 7) is 1.24. The molecule has 1 aromatic heterocycles. The van der Waals surface area contributed by atoms with Gasteiger partial charge in [0, 0.05) is 30.8 Å². The molecule has 2 aliphatic rings. The Morgan fingerprint density at radius 2 is 1.85 bits per heavy atom. The molecule has 1 fully saturated rings. The number of hydrogen-bond acceptors (Lipinski definition) is 4. The first kappa shape index (κ1) is 21.1. The second-order valence-corrected chi connectivity index (χ2v) is 8.48. The van der Waals surface area contributed by atoms with Gasteiger partial charge in [0.15, 0.2) is 6.61 Å². The predicted octanol–water partition coefficient (Wildman–Crippen LogP) is 4.24. The second-order valence-electron chi connectivity index (χ2n) is 8.48. The molecule has 3 aromatic rings. The standard InChI is InChI=1S/C26H24FN3O3/c27-23-9-7-20(15-28-23)25(17-4-2-1-3-5-17)18-10-12-30(13-11-18)26(32)19-6-8-22-21(14-19)29-24(31)16-33-22/h1-9,14-15,18,25H,10-13,16H2,(H,29,31)/t25-/m0/s1. The van der Waals surface area contributed by atoms with Crippen molar-refractivity contribution in [1.82, 2.24) is 9.88 Å². The van der Waals surface area contributed by atoms with Crippen LogP contribution in [0.4, 0.5) is 10.1 Å². The highest BCUT2D eigenvalue weighted by atomic mass is 19.1. The number of aromatic nitrogens is 1. The van der Waals surface area contributed by atoms with E-state index < -0.39 is 5.95 Å². The van der Waals surface area contributed by atoms with Gasteiger partial charge in [-0.15, -0.1) is 0 Å². The molecule has 0 spiro atoms. The van der Waals surface area contributed by atoms with Gasteiger partial charge in [0.05, 0.1) is 5.69 Å². The van der Waals surface area contributed by atoms with E-state index in [2.05, 4.69) is 22.4 Å². The topological polar surface area (TPSA) is 71.5 Å². The summed E-state index contributed by atoms with van der Waals surface area (Å²) < 4.78 is 18.8. The molecule has 1 atom stereocenters. The highest BCUT2D eigenvalue weighted by Gasteiger charge is 2.31. The highest BCUT2D eigenvalue weighted by molar-refractivity contribution is 5.99. The Balaban J connectivity index is 1.32. The third-order valence-electron chi connectivity index (χ3n) is 6.43. The fourth-order valence-electron chi connectivity index (χ4n) is 4.80. The van der Waals surface area contributed by atoms with Gasteiger partial charge in [-0.3, -0.25) is 9.59 Å². The van der Waals surface area contributed by atoms with Crippen molar-refractivity contribution in [3.8, 4) is 5.75 Å². The van der Waals surface area contributed by atoms with Crippen molar-refractivity contribution >= 4 is 17.5 Å². The number of halogens is 1. The first-order chi connectivity index (χ1) is 16.1. The number of carbonyl (C=O) groups is 2. The maximum atomic E-state index is 13.4. The smallest absolute Gasteiger partial charge is 0.262 e. The number of nitrogens with one attached hydrogen (secondary N) is 1. The van der Waals surface area contributed by atoms with Crippen molar-refractivity contribution in [3.05, 3.63) is 89.5 Å². The normalized spacial score (nSPS) is 17.0. The lowest BCUT2D eigenvalue weighted by Gasteiger charge is -2.36. The van der Waals surface area contributed by atoms with Gasteiger partial charge in [-0.2, -0.15) is 4.39 Å². The average Bonchev–Trinajstić information content (AvgIpc) is 2.85. The second kappa shape index (κ2) is 9.02. The summed E-state index contributed by atoms with van der Waals surface area (Å²) in [5.41, 5.74) is 3.21. The molecule has 0 unspecified atom stereocenters. The van der Waals surface area contributed by atoms with Crippen LogP contribution in [0.3, 0.4) is 0 Å². The molecule has 1 saturated heterocycles. The maximum Gasteiger partial charge on any atom is 0.262 e. The zero-order valence-corrected chi connectivity index (χ0v) is 18.0. The van der Waals surface area contributed by atoms with Crippen LogP contribution in [0.15, 0.2) is 66.9 Å². The monoisotopic (exact) mass is 445 g/mol. The Labute approximate surface area is 191 Å². The van der Waals surface area contributed by atoms with Crippen LogP contribution in [0.1, 0.15) is 40.2 Å². The molecule has 0 aliphatic carbocycles. The third kappa shape index (κ3) is 4.44. The lowest BCUT2D eigenvalue weighted by atomic mass is 9.76. The minimum atomic E-state index is -0.488. The number of benzene rings is 2.